The molecule has 0 saturated carbocycles. The van der Waals surface area contributed by atoms with Crippen LogP contribution < -0.4 is 10.6 Å². The summed E-state index contributed by atoms with van der Waals surface area (Å²) < 4.78 is 3.31. The van der Waals surface area contributed by atoms with Gasteiger partial charge in [0.15, 0.2) is 0 Å². The molecule has 1 saturated heterocycles. The van der Waals surface area contributed by atoms with Crippen molar-refractivity contribution in [3.63, 3.8) is 0 Å². The van der Waals surface area contributed by atoms with Crippen LogP contribution in [0.5, 0.6) is 0 Å². The van der Waals surface area contributed by atoms with Gasteiger partial charge in [0.25, 0.3) is 5.91 Å². The van der Waals surface area contributed by atoms with Crippen molar-refractivity contribution >= 4 is 17.5 Å². The van der Waals surface area contributed by atoms with Gasteiger partial charge in [0.2, 0.25) is 5.91 Å². The summed E-state index contributed by atoms with van der Waals surface area (Å²) in [6.45, 7) is 0.642. The predicted molar refractivity (Wildman–Crippen MR) is 99.3 cm³/mol. The molecule has 1 fully saturated rings. The number of carbonyl (C=O) groups excluding carboxylic acids is 2. The van der Waals surface area contributed by atoms with Crippen LogP contribution in [0.15, 0.2) is 48.9 Å². The first-order valence-electron chi connectivity index (χ1n) is 8.80. The third-order valence-corrected chi connectivity index (χ3v) is 4.72. The van der Waals surface area contributed by atoms with Crippen LogP contribution in [-0.2, 0) is 18.3 Å². The lowest BCUT2D eigenvalue weighted by atomic mass is 10.1. The van der Waals surface area contributed by atoms with Crippen LogP contribution in [0.4, 0.5) is 5.69 Å². The van der Waals surface area contributed by atoms with E-state index in [9.17, 15) is 9.59 Å². The molecule has 138 valence electrons. The molecule has 0 spiro atoms. The Hall–Kier alpha value is -3.42. The molecule has 2 amide bonds. The minimum atomic E-state index is -0.317. The maximum absolute atomic E-state index is 12.8. The number of benzene rings is 1. The Balaban J connectivity index is 1.51. The SMILES string of the molecule is Cn1ncc(C(=O)Nc2cnn(C3CCNC3=O)c2)c1Cc1ccccc1. The second-order valence-electron chi connectivity index (χ2n) is 6.55. The van der Waals surface area contributed by atoms with Crippen molar-refractivity contribution in [1.29, 1.82) is 0 Å². The summed E-state index contributed by atoms with van der Waals surface area (Å²) in [6, 6.07) is 9.62. The zero-order chi connectivity index (χ0) is 18.8. The minimum absolute atomic E-state index is 0.0478. The van der Waals surface area contributed by atoms with Gasteiger partial charge in [-0.2, -0.15) is 10.2 Å². The molecule has 1 unspecified atom stereocenters. The summed E-state index contributed by atoms with van der Waals surface area (Å²) in [5.74, 6) is -0.294. The van der Waals surface area contributed by atoms with Crippen molar-refractivity contribution in [3.05, 3.63) is 65.7 Å². The smallest absolute Gasteiger partial charge is 0.259 e. The molecule has 0 bridgehead atoms. The molecule has 1 aromatic carbocycles. The third kappa shape index (κ3) is 3.46. The van der Waals surface area contributed by atoms with Gasteiger partial charge in [0.05, 0.1) is 29.3 Å². The molecular weight excluding hydrogens is 344 g/mol. The van der Waals surface area contributed by atoms with E-state index in [2.05, 4.69) is 20.8 Å². The summed E-state index contributed by atoms with van der Waals surface area (Å²) >= 11 is 0. The number of anilines is 1. The van der Waals surface area contributed by atoms with Crippen molar-refractivity contribution in [2.45, 2.75) is 18.9 Å². The van der Waals surface area contributed by atoms with E-state index in [0.717, 1.165) is 11.3 Å². The van der Waals surface area contributed by atoms with Crippen molar-refractivity contribution in [2.75, 3.05) is 11.9 Å². The molecular formula is C19H20N6O2. The Kier molecular flexibility index (Phi) is 4.45. The van der Waals surface area contributed by atoms with Crippen LogP contribution >= 0.6 is 0 Å². The minimum Gasteiger partial charge on any atom is -0.354 e. The van der Waals surface area contributed by atoms with Gasteiger partial charge in [-0.15, -0.1) is 0 Å². The second-order valence-corrected chi connectivity index (χ2v) is 6.55. The van der Waals surface area contributed by atoms with Gasteiger partial charge in [0.1, 0.15) is 6.04 Å². The molecule has 8 heteroatoms. The molecule has 27 heavy (non-hydrogen) atoms. The van der Waals surface area contributed by atoms with E-state index < -0.39 is 0 Å². The van der Waals surface area contributed by atoms with E-state index >= 15 is 0 Å². The molecule has 3 aromatic rings. The van der Waals surface area contributed by atoms with Crippen LogP contribution in [0.25, 0.3) is 0 Å². The zero-order valence-corrected chi connectivity index (χ0v) is 14.9. The van der Waals surface area contributed by atoms with Crippen LogP contribution in [0.3, 0.4) is 0 Å². The van der Waals surface area contributed by atoms with Gasteiger partial charge >= 0.3 is 0 Å². The van der Waals surface area contributed by atoms with Gasteiger partial charge in [-0.3, -0.25) is 19.0 Å². The van der Waals surface area contributed by atoms with Gasteiger partial charge in [-0.05, 0) is 12.0 Å². The van der Waals surface area contributed by atoms with Crippen molar-refractivity contribution in [3.8, 4) is 0 Å². The predicted octanol–water partition coefficient (Wildman–Crippen LogP) is 1.52. The summed E-state index contributed by atoms with van der Waals surface area (Å²) in [6.07, 6.45) is 6.11. The first kappa shape index (κ1) is 17.0. The first-order chi connectivity index (χ1) is 13.1. The Morgan fingerprint density at radius 3 is 2.81 bits per heavy atom. The Morgan fingerprint density at radius 2 is 2.07 bits per heavy atom. The Morgan fingerprint density at radius 1 is 1.26 bits per heavy atom. The molecule has 4 rings (SSSR count). The fraction of sp³-hybridized carbons (Fsp3) is 0.263. The quantitative estimate of drug-likeness (QED) is 0.718. The number of carbonyl (C=O) groups is 2. The van der Waals surface area contributed by atoms with Crippen LogP contribution in [-0.4, -0.2) is 37.9 Å². The summed E-state index contributed by atoms with van der Waals surface area (Å²) in [7, 11) is 1.83. The van der Waals surface area contributed by atoms with Crippen molar-refractivity contribution < 1.29 is 9.59 Å². The van der Waals surface area contributed by atoms with Crippen LogP contribution in [0.1, 0.15) is 34.1 Å². The fourth-order valence-corrected chi connectivity index (χ4v) is 3.26. The standard InChI is InChI=1S/C19H20N6O2/c1-24-17(9-13-5-3-2-4-6-13)15(11-21-24)18(26)23-14-10-22-25(12-14)16-7-8-20-19(16)27/h2-6,10-12,16H,7-9H2,1H3,(H,20,27)(H,23,26). The monoisotopic (exact) mass is 364 g/mol. The normalized spacial score (nSPS) is 16.3. The fourth-order valence-electron chi connectivity index (χ4n) is 3.26. The number of rotatable bonds is 5. The van der Waals surface area contributed by atoms with Crippen LogP contribution in [0, 0.1) is 0 Å². The van der Waals surface area contributed by atoms with E-state index in [1.54, 1.807) is 28.0 Å². The van der Waals surface area contributed by atoms with Crippen molar-refractivity contribution in [2.24, 2.45) is 7.05 Å². The summed E-state index contributed by atoms with van der Waals surface area (Å²) in [5.41, 5.74) is 3.01. The third-order valence-electron chi connectivity index (χ3n) is 4.72. The second kappa shape index (κ2) is 7.06. The maximum Gasteiger partial charge on any atom is 0.259 e. The molecule has 0 radical (unpaired) electrons. The van der Waals surface area contributed by atoms with Gasteiger partial charge in [-0.1, -0.05) is 30.3 Å². The average molecular weight is 364 g/mol. The molecule has 8 nitrogen and oxygen atoms in total. The maximum atomic E-state index is 12.8. The molecule has 0 aliphatic carbocycles. The number of nitrogens with one attached hydrogen (secondary N) is 2. The largest absolute Gasteiger partial charge is 0.354 e. The highest BCUT2D eigenvalue weighted by Gasteiger charge is 2.26. The van der Waals surface area contributed by atoms with Crippen LogP contribution in [0.2, 0.25) is 0 Å². The highest BCUT2D eigenvalue weighted by atomic mass is 16.2. The van der Waals surface area contributed by atoms with Gasteiger partial charge in [0, 0.05) is 26.2 Å². The Bertz CT molecular complexity index is 975. The number of aryl methyl sites for hydroxylation is 1. The molecule has 2 aromatic heterocycles. The lowest BCUT2D eigenvalue weighted by molar-refractivity contribution is -0.122. The number of aromatic nitrogens is 4. The van der Waals surface area contributed by atoms with Gasteiger partial charge < -0.3 is 10.6 Å². The lowest BCUT2D eigenvalue weighted by Gasteiger charge is -2.07. The molecule has 1 atom stereocenters. The highest BCUT2D eigenvalue weighted by Crippen LogP contribution is 2.19. The number of amides is 2. The summed E-state index contributed by atoms with van der Waals surface area (Å²) in [5, 5.41) is 14.1. The molecule has 1 aliphatic heterocycles. The van der Waals surface area contributed by atoms with E-state index in [4.69, 9.17) is 0 Å². The van der Waals surface area contributed by atoms with E-state index in [0.29, 0.717) is 30.6 Å². The number of hydrogen-bond acceptors (Lipinski definition) is 4. The number of nitrogens with zero attached hydrogens (tertiary/aromatic N) is 4. The number of hydrogen-bond donors (Lipinski definition) is 2. The molecule has 3 heterocycles. The van der Waals surface area contributed by atoms with Gasteiger partial charge in [-0.25, -0.2) is 0 Å². The van der Waals surface area contributed by atoms with Crippen molar-refractivity contribution in [1.82, 2.24) is 24.9 Å². The molecule has 1 aliphatic rings. The van der Waals surface area contributed by atoms with E-state index in [1.807, 2.05) is 37.4 Å². The summed E-state index contributed by atoms with van der Waals surface area (Å²) in [4.78, 5) is 24.5. The highest BCUT2D eigenvalue weighted by molar-refractivity contribution is 6.04. The van der Waals surface area contributed by atoms with E-state index in [-0.39, 0.29) is 17.9 Å². The zero-order valence-electron chi connectivity index (χ0n) is 14.9. The lowest BCUT2D eigenvalue weighted by Crippen LogP contribution is -2.22. The average Bonchev–Trinajstić information content (AvgIpc) is 3.37. The topological polar surface area (TPSA) is 93.8 Å². The first-order valence-corrected chi connectivity index (χ1v) is 8.80. The van der Waals surface area contributed by atoms with E-state index in [1.165, 1.54) is 0 Å². The Labute approximate surface area is 156 Å². The molecule has 2 N–H and O–H groups in total.